The summed E-state index contributed by atoms with van der Waals surface area (Å²) in [6, 6.07) is 16.5. The predicted molar refractivity (Wildman–Crippen MR) is 97.2 cm³/mol. The number of rotatable bonds is 6. The van der Waals surface area contributed by atoms with Crippen molar-refractivity contribution in [3.05, 3.63) is 88.2 Å². The summed E-state index contributed by atoms with van der Waals surface area (Å²) in [6.07, 6.45) is 2.99. The van der Waals surface area contributed by atoms with Gasteiger partial charge in [0.1, 0.15) is 17.3 Å². The van der Waals surface area contributed by atoms with Gasteiger partial charge in [0.05, 0.1) is 17.6 Å². The van der Waals surface area contributed by atoms with Gasteiger partial charge in [-0.25, -0.2) is 0 Å². The van der Waals surface area contributed by atoms with E-state index in [4.69, 9.17) is 9.15 Å². The first-order chi connectivity index (χ1) is 12.6. The molecule has 0 unspecified atom stereocenters. The van der Waals surface area contributed by atoms with E-state index in [-0.39, 0.29) is 11.5 Å². The van der Waals surface area contributed by atoms with E-state index in [0.717, 1.165) is 0 Å². The first kappa shape index (κ1) is 17.2. The third-order valence-corrected chi connectivity index (χ3v) is 3.76. The molecule has 0 fully saturated rings. The van der Waals surface area contributed by atoms with Crippen LogP contribution < -0.4 is 4.74 Å². The Morgan fingerprint density at radius 3 is 2.50 bits per heavy atom. The molecule has 2 aromatic carbocycles. The molecule has 0 radical (unpaired) electrons. The molecule has 0 spiro atoms. The van der Waals surface area contributed by atoms with Crippen LogP contribution in [0.1, 0.15) is 16.1 Å². The molecule has 1 heterocycles. The van der Waals surface area contributed by atoms with Gasteiger partial charge in [-0.05, 0) is 48.6 Å². The first-order valence-corrected chi connectivity index (χ1v) is 7.78. The Balaban J connectivity index is 1.76. The van der Waals surface area contributed by atoms with Gasteiger partial charge in [0.25, 0.3) is 5.69 Å². The molecule has 0 saturated heterocycles. The summed E-state index contributed by atoms with van der Waals surface area (Å²) in [4.78, 5) is 22.5. The van der Waals surface area contributed by atoms with Crippen LogP contribution in [0, 0.1) is 10.1 Å². The number of hydrogen-bond donors (Lipinski definition) is 0. The molecule has 1 aromatic heterocycles. The predicted octanol–water partition coefficient (Wildman–Crippen LogP) is 4.76. The summed E-state index contributed by atoms with van der Waals surface area (Å²) in [5, 5.41) is 10.7. The topological polar surface area (TPSA) is 82.6 Å². The lowest BCUT2D eigenvalue weighted by atomic mass is 10.1. The SMILES string of the molecule is COc1ccccc1C(=O)/C=C/c1ccc(-c2ccc([N+](=O)[O-])cc2)o1. The molecular formula is C20H15NO5. The number of benzene rings is 2. The summed E-state index contributed by atoms with van der Waals surface area (Å²) in [5.41, 5.74) is 1.20. The highest BCUT2D eigenvalue weighted by Crippen LogP contribution is 2.25. The van der Waals surface area contributed by atoms with Crippen molar-refractivity contribution < 1.29 is 18.9 Å². The van der Waals surface area contributed by atoms with Crippen LogP contribution in [0.15, 0.2) is 71.2 Å². The Labute approximate surface area is 149 Å². The Morgan fingerprint density at radius 2 is 1.81 bits per heavy atom. The van der Waals surface area contributed by atoms with Gasteiger partial charge >= 0.3 is 0 Å². The van der Waals surface area contributed by atoms with Crippen LogP contribution in [0.5, 0.6) is 5.75 Å². The van der Waals surface area contributed by atoms with E-state index in [9.17, 15) is 14.9 Å². The molecule has 0 bridgehead atoms. The molecule has 0 aliphatic carbocycles. The van der Waals surface area contributed by atoms with Gasteiger partial charge in [0.15, 0.2) is 5.78 Å². The maximum atomic E-state index is 12.3. The molecule has 3 rings (SSSR count). The minimum atomic E-state index is -0.455. The second-order valence-corrected chi connectivity index (χ2v) is 5.40. The number of furan rings is 1. The van der Waals surface area contributed by atoms with Crippen LogP contribution in [0.4, 0.5) is 5.69 Å². The van der Waals surface area contributed by atoms with Gasteiger partial charge in [-0.15, -0.1) is 0 Å². The van der Waals surface area contributed by atoms with Crippen molar-refractivity contribution in [3.63, 3.8) is 0 Å². The lowest BCUT2D eigenvalue weighted by Crippen LogP contribution is -1.98. The van der Waals surface area contributed by atoms with Crippen molar-refractivity contribution in [1.82, 2.24) is 0 Å². The molecular weight excluding hydrogens is 334 g/mol. The zero-order chi connectivity index (χ0) is 18.5. The smallest absolute Gasteiger partial charge is 0.269 e. The quantitative estimate of drug-likeness (QED) is 0.277. The van der Waals surface area contributed by atoms with E-state index in [1.54, 1.807) is 54.6 Å². The number of nitrogens with zero attached hydrogens (tertiary/aromatic N) is 1. The molecule has 130 valence electrons. The standard InChI is InChI=1S/C20H15NO5/c1-25-20-5-3-2-4-17(20)18(22)12-10-16-11-13-19(26-16)14-6-8-15(9-7-14)21(23)24/h2-13H,1H3/b12-10+. The zero-order valence-electron chi connectivity index (χ0n) is 13.9. The lowest BCUT2D eigenvalue weighted by molar-refractivity contribution is -0.384. The highest BCUT2D eigenvalue weighted by atomic mass is 16.6. The third-order valence-electron chi connectivity index (χ3n) is 3.76. The van der Waals surface area contributed by atoms with Crippen LogP contribution in [0.25, 0.3) is 17.4 Å². The fourth-order valence-electron chi connectivity index (χ4n) is 2.44. The fourth-order valence-corrected chi connectivity index (χ4v) is 2.44. The van der Waals surface area contributed by atoms with Crippen LogP contribution in [-0.4, -0.2) is 17.8 Å². The van der Waals surface area contributed by atoms with E-state index >= 15 is 0 Å². The number of ether oxygens (including phenoxy) is 1. The molecule has 26 heavy (non-hydrogen) atoms. The number of carbonyl (C=O) groups excluding carboxylic acids is 1. The summed E-state index contributed by atoms with van der Waals surface area (Å²) in [6.45, 7) is 0. The van der Waals surface area contributed by atoms with Crippen molar-refractivity contribution in [2.75, 3.05) is 7.11 Å². The maximum absolute atomic E-state index is 12.3. The lowest BCUT2D eigenvalue weighted by Gasteiger charge is -2.04. The van der Waals surface area contributed by atoms with E-state index in [1.807, 2.05) is 0 Å². The van der Waals surface area contributed by atoms with E-state index in [1.165, 1.54) is 25.3 Å². The van der Waals surface area contributed by atoms with Gasteiger partial charge in [0.2, 0.25) is 0 Å². The molecule has 0 saturated carbocycles. The average molecular weight is 349 g/mol. The number of carbonyl (C=O) groups is 1. The van der Waals surface area contributed by atoms with Gasteiger partial charge in [-0.1, -0.05) is 12.1 Å². The highest BCUT2D eigenvalue weighted by Gasteiger charge is 2.10. The zero-order valence-corrected chi connectivity index (χ0v) is 13.9. The Hall–Kier alpha value is -3.67. The van der Waals surface area contributed by atoms with Gasteiger partial charge in [-0.3, -0.25) is 14.9 Å². The molecule has 0 N–H and O–H groups in total. The number of hydrogen-bond acceptors (Lipinski definition) is 5. The Kier molecular flexibility index (Phi) is 4.94. The van der Waals surface area contributed by atoms with Crippen molar-refractivity contribution in [2.24, 2.45) is 0 Å². The van der Waals surface area contributed by atoms with Crippen molar-refractivity contribution >= 4 is 17.5 Å². The first-order valence-electron chi connectivity index (χ1n) is 7.78. The maximum Gasteiger partial charge on any atom is 0.269 e. The van der Waals surface area contributed by atoms with E-state index in [2.05, 4.69) is 0 Å². The minimum Gasteiger partial charge on any atom is -0.496 e. The molecule has 0 atom stereocenters. The summed E-state index contributed by atoms with van der Waals surface area (Å²) in [7, 11) is 1.51. The highest BCUT2D eigenvalue weighted by molar-refractivity contribution is 6.08. The summed E-state index contributed by atoms with van der Waals surface area (Å²) < 4.78 is 10.9. The van der Waals surface area contributed by atoms with Crippen LogP contribution in [0.3, 0.4) is 0 Å². The number of para-hydroxylation sites is 1. The number of non-ortho nitro benzene ring substituents is 1. The second kappa shape index (κ2) is 7.48. The Bertz CT molecular complexity index is 970. The molecule has 0 amide bonds. The number of ketones is 1. The van der Waals surface area contributed by atoms with Crippen molar-refractivity contribution in [2.45, 2.75) is 0 Å². The van der Waals surface area contributed by atoms with Crippen LogP contribution in [-0.2, 0) is 0 Å². The van der Waals surface area contributed by atoms with Gasteiger partial charge in [0, 0.05) is 17.7 Å². The monoisotopic (exact) mass is 349 g/mol. The summed E-state index contributed by atoms with van der Waals surface area (Å²) in [5.74, 6) is 1.37. The normalized spacial score (nSPS) is 10.8. The Morgan fingerprint density at radius 1 is 1.08 bits per heavy atom. The number of nitro benzene ring substituents is 1. The van der Waals surface area contributed by atoms with Crippen molar-refractivity contribution in [3.8, 4) is 17.1 Å². The fraction of sp³-hybridized carbons (Fsp3) is 0.0500. The summed E-state index contributed by atoms with van der Waals surface area (Å²) >= 11 is 0. The third kappa shape index (κ3) is 3.70. The molecule has 6 heteroatoms. The number of methoxy groups -OCH3 is 1. The van der Waals surface area contributed by atoms with E-state index < -0.39 is 4.92 Å². The number of nitro groups is 1. The molecule has 6 nitrogen and oxygen atoms in total. The van der Waals surface area contributed by atoms with Crippen LogP contribution in [0.2, 0.25) is 0 Å². The van der Waals surface area contributed by atoms with E-state index in [0.29, 0.717) is 28.4 Å². The second-order valence-electron chi connectivity index (χ2n) is 5.40. The molecule has 0 aliphatic rings. The average Bonchev–Trinajstić information content (AvgIpc) is 3.15. The van der Waals surface area contributed by atoms with Gasteiger partial charge in [-0.2, -0.15) is 0 Å². The van der Waals surface area contributed by atoms with Crippen LogP contribution >= 0.6 is 0 Å². The number of allylic oxidation sites excluding steroid dienone is 1. The largest absolute Gasteiger partial charge is 0.496 e. The van der Waals surface area contributed by atoms with Crippen molar-refractivity contribution in [1.29, 1.82) is 0 Å². The molecule has 0 aliphatic heterocycles. The molecule has 3 aromatic rings. The van der Waals surface area contributed by atoms with Gasteiger partial charge < -0.3 is 9.15 Å². The minimum absolute atomic E-state index is 0.0165.